The standard InChI is InChI=1S/C21H33BN6.Fe.I/c1-7-13-19(14(8-2)24-23-13)22(20-15(9-3)25-26-16(20)10-4)21-17(11-5)27-28-18(21)12-6;;/h7-12H2,1-6H3,(H,23,24)(H,25,26)(H,27,28);;. The van der Waals surface area contributed by atoms with E-state index in [1.807, 2.05) is 0 Å². The first-order valence-corrected chi connectivity index (χ1v) is 10.8. The molecule has 0 atom stereocenters. The van der Waals surface area contributed by atoms with Crippen molar-refractivity contribution in [3.8, 4) is 0 Å². The molecule has 0 aromatic carbocycles. The van der Waals surface area contributed by atoms with Gasteiger partial charge in [0.25, 0.3) is 6.71 Å². The van der Waals surface area contributed by atoms with Gasteiger partial charge in [-0.05, 0) is 54.9 Å². The van der Waals surface area contributed by atoms with Crippen LogP contribution in [-0.2, 0) is 55.6 Å². The van der Waals surface area contributed by atoms with Crippen molar-refractivity contribution in [1.29, 1.82) is 0 Å². The third-order valence-electron chi connectivity index (χ3n) is 5.82. The van der Waals surface area contributed by atoms with Crippen LogP contribution in [0.15, 0.2) is 0 Å². The van der Waals surface area contributed by atoms with Gasteiger partial charge in [0.2, 0.25) is 0 Å². The zero-order valence-electron chi connectivity index (χ0n) is 18.9. The third kappa shape index (κ3) is 4.73. The predicted molar refractivity (Wildman–Crippen MR) is 131 cm³/mol. The summed E-state index contributed by atoms with van der Waals surface area (Å²) in [4.78, 5) is 0. The Morgan fingerprint density at radius 1 is 0.533 bits per heavy atom. The van der Waals surface area contributed by atoms with Gasteiger partial charge in [-0.2, -0.15) is 15.3 Å². The second-order valence-electron chi connectivity index (χ2n) is 7.24. The molecule has 0 bridgehead atoms. The van der Waals surface area contributed by atoms with E-state index < -0.39 is 0 Å². The maximum absolute atomic E-state index is 4.68. The third-order valence-corrected chi connectivity index (χ3v) is 5.82. The zero-order chi connectivity index (χ0) is 20.3. The van der Waals surface area contributed by atoms with Crippen LogP contribution < -0.4 is 16.4 Å². The van der Waals surface area contributed by atoms with Gasteiger partial charge in [0.05, 0.1) is 17.1 Å². The maximum Gasteiger partial charge on any atom is 0.255 e. The topological polar surface area (TPSA) is 86.0 Å². The molecule has 0 spiro atoms. The molecule has 3 aromatic heterocycles. The number of halogens is 1. The first-order chi connectivity index (χ1) is 13.6. The summed E-state index contributed by atoms with van der Waals surface area (Å²) in [5.41, 5.74) is 11.1. The molecule has 1 radical (unpaired) electrons. The number of aryl methyl sites for hydroxylation is 6. The predicted octanol–water partition coefficient (Wildman–Crippen LogP) is 2.63. The van der Waals surface area contributed by atoms with E-state index in [4.69, 9.17) is 0 Å². The van der Waals surface area contributed by atoms with E-state index in [1.165, 1.54) is 33.5 Å². The summed E-state index contributed by atoms with van der Waals surface area (Å²) >= 11 is 0. The van der Waals surface area contributed by atoms with Crippen LogP contribution in [0.3, 0.4) is 0 Å². The largest absolute Gasteiger partial charge is 0.283 e. The molecule has 30 heavy (non-hydrogen) atoms. The fourth-order valence-corrected chi connectivity index (χ4v) is 4.36. The Morgan fingerprint density at radius 2 is 0.800 bits per heavy atom. The fourth-order valence-electron chi connectivity index (χ4n) is 4.36. The molecular weight excluding hydrogens is 530 g/mol. The van der Waals surface area contributed by atoms with Crippen LogP contribution in [0.25, 0.3) is 0 Å². The normalized spacial score (nSPS) is 10.6. The molecule has 0 fully saturated rings. The summed E-state index contributed by atoms with van der Waals surface area (Å²) in [6, 6.07) is 0. The van der Waals surface area contributed by atoms with Crippen LogP contribution in [0.4, 0.5) is 0 Å². The maximum atomic E-state index is 4.68. The van der Waals surface area contributed by atoms with Crippen molar-refractivity contribution < 1.29 is 17.1 Å². The van der Waals surface area contributed by atoms with Crippen molar-refractivity contribution in [2.45, 2.75) is 80.1 Å². The zero-order valence-corrected chi connectivity index (χ0v) is 22.2. The summed E-state index contributed by atoms with van der Waals surface area (Å²) < 4.78 is 0. The summed E-state index contributed by atoms with van der Waals surface area (Å²) in [6.07, 6.45) is 5.51. The van der Waals surface area contributed by atoms with Crippen molar-refractivity contribution in [1.82, 2.24) is 30.6 Å². The van der Waals surface area contributed by atoms with E-state index in [9.17, 15) is 0 Å². The molecule has 0 unspecified atom stereocenters. The Hall–Kier alpha value is -1.06. The molecule has 165 valence electrons. The molecule has 6 nitrogen and oxygen atoms in total. The van der Waals surface area contributed by atoms with Crippen molar-refractivity contribution in [3.05, 3.63) is 34.2 Å². The van der Waals surface area contributed by atoms with E-state index in [0.29, 0.717) is 0 Å². The molecule has 0 saturated carbocycles. The number of nitrogens with one attached hydrogen (secondary N) is 3. The van der Waals surface area contributed by atoms with E-state index in [0.717, 1.165) is 55.6 Å². The van der Waals surface area contributed by atoms with Crippen LogP contribution in [0.2, 0.25) is 0 Å². The number of rotatable bonds is 9. The van der Waals surface area contributed by atoms with E-state index in [-0.39, 0.29) is 47.8 Å². The second kappa shape index (κ2) is 12.1. The Morgan fingerprint density at radius 3 is 1.00 bits per heavy atom. The second-order valence-corrected chi connectivity index (χ2v) is 7.24. The molecule has 3 rings (SSSR count). The van der Waals surface area contributed by atoms with Gasteiger partial charge in [-0.15, -0.1) is 0 Å². The smallest absolute Gasteiger partial charge is 0.255 e. The monoisotopic (exact) mass is 563 g/mol. The summed E-state index contributed by atoms with van der Waals surface area (Å²) in [5.74, 6) is 0. The number of H-pyrrole nitrogens is 3. The molecule has 3 heterocycles. The van der Waals surface area contributed by atoms with Gasteiger partial charge in [0.1, 0.15) is 0 Å². The summed E-state index contributed by atoms with van der Waals surface area (Å²) in [5, 5.41) is 24.0. The Labute approximate surface area is 208 Å². The Bertz CT molecular complexity index is 748. The molecule has 0 aliphatic carbocycles. The summed E-state index contributed by atoms with van der Waals surface area (Å²) in [6.45, 7) is 13.2. The number of aromatic amines is 3. The fraction of sp³-hybridized carbons (Fsp3) is 0.571. The van der Waals surface area contributed by atoms with Gasteiger partial charge in [0, 0.05) is 58.1 Å². The molecular formula is C21H33BFeIN6. The van der Waals surface area contributed by atoms with Crippen LogP contribution in [0.5, 0.6) is 0 Å². The number of hydrogen-bond acceptors (Lipinski definition) is 3. The molecule has 0 aliphatic heterocycles. The SMILES string of the molecule is CCc1n[nH]c(CC)c1B(c1c(CC)n[nH]c1CC)c1c(CC)n[nH]c1CC.[Fe].[I]. The average molecular weight is 563 g/mol. The molecule has 3 N–H and O–H groups in total. The van der Waals surface area contributed by atoms with Gasteiger partial charge in [-0.3, -0.25) is 15.3 Å². The number of aromatic nitrogens is 6. The Kier molecular flexibility index (Phi) is 10.9. The molecule has 9 heteroatoms. The average Bonchev–Trinajstić information content (AvgIpc) is 3.44. The minimum Gasteiger partial charge on any atom is -0.283 e. The number of hydrogen-bond donors (Lipinski definition) is 3. The molecule has 3 aromatic rings. The van der Waals surface area contributed by atoms with Crippen molar-refractivity contribution in [3.63, 3.8) is 0 Å². The first-order valence-electron chi connectivity index (χ1n) is 10.8. The quantitative estimate of drug-likeness (QED) is 0.277. The van der Waals surface area contributed by atoms with Gasteiger partial charge >= 0.3 is 0 Å². The minimum absolute atomic E-state index is 0. The molecule has 0 aliphatic rings. The van der Waals surface area contributed by atoms with Crippen molar-refractivity contribution in [2.24, 2.45) is 0 Å². The van der Waals surface area contributed by atoms with Crippen LogP contribution in [0.1, 0.15) is 75.7 Å². The minimum atomic E-state index is 0. The van der Waals surface area contributed by atoms with Gasteiger partial charge in [-0.1, -0.05) is 41.5 Å². The van der Waals surface area contributed by atoms with Gasteiger partial charge in [-0.25, -0.2) is 0 Å². The Balaban J connectivity index is 0.00000225. The van der Waals surface area contributed by atoms with Crippen molar-refractivity contribution in [2.75, 3.05) is 0 Å². The summed E-state index contributed by atoms with van der Waals surface area (Å²) in [7, 11) is 0. The first kappa shape index (κ1) is 27.0. The van der Waals surface area contributed by atoms with Crippen LogP contribution in [0, 0.1) is 0 Å². The van der Waals surface area contributed by atoms with E-state index in [2.05, 4.69) is 72.1 Å². The molecule has 0 amide bonds. The number of nitrogens with zero attached hydrogens (tertiary/aromatic N) is 3. The molecule has 0 saturated heterocycles. The van der Waals surface area contributed by atoms with Crippen LogP contribution in [-0.4, -0.2) is 37.3 Å². The van der Waals surface area contributed by atoms with E-state index >= 15 is 0 Å². The van der Waals surface area contributed by atoms with Crippen molar-refractivity contribution >= 4 is 47.1 Å². The van der Waals surface area contributed by atoms with E-state index in [1.54, 1.807) is 0 Å². The van der Waals surface area contributed by atoms with Crippen LogP contribution >= 0.6 is 24.0 Å². The van der Waals surface area contributed by atoms with Gasteiger partial charge in [0.15, 0.2) is 0 Å². The van der Waals surface area contributed by atoms with Gasteiger partial charge < -0.3 is 0 Å².